The zero-order valence-corrected chi connectivity index (χ0v) is 20.3. The van der Waals surface area contributed by atoms with Crippen molar-refractivity contribution in [2.45, 2.75) is 51.5 Å². The highest BCUT2D eigenvalue weighted by Crippen LogP contribution is 2.34. The molecule has 2 aromatic carbocycles. The predicted molar refractivity (Wildman–Crippen MR) is 137 cm³/mol. The standard InChI is InChI=1S/C29H33N3O3/c1-2-35-29(34)31-18-16-24(17-19-31)30-28(33)22-12-14-25(15-13-22)32-26-11-7-6-10-23(26)20-27(32)21-8-4-3-5-9-21/h3-5,8-9,12-15,20,24H,2,6-7,10-11,16-19H2,1H3,(H,30,33). The highest BCUT2D eigenvalue weighted by Gasteiger charge is 2.25. The smallest absolute Gasteiger partial charge is 0.409 e. The van der Waals surface area contributed by atoms with Gasteiger partial charge in [-0.2, -0.15) is 0 Å². The molecule has 2 aliphatic rings. The fourth-order valence-electron chi connectivity index (χ4n) is 5.27. The van der Waals surface area contributed by atoms with Gasteiger partial charge in [0.25, 0.3) is 5.91 Å². The van der Waals surface area contributed by atoms with Gasteiger partial charge in [-0.3, -0.25) is 4.79 Å². The van der Waals surface area contributed by atoms with E-state index in [1.165, 1.54) is 35.4 Å². The van der Waals surface area contributed by atoms with Crippen LogP contribution in [0.2, 0.25) is 0 Å². The van der Waals surface area contributed by atoms with Crippen LogP contribution in [0.5, 0.6) is 0 Å². The third-order valence-corrected chi connectivity index (χ3v) is 7.12. The summed E-state index contributed by atoms with van der Waals surface area (Å²) in [5, 5.41) is 3.14. The van der Waals surface area contributed by atoms with Crippen LogP contribution in [-0.4, -0.2) is 47.2 Å². The van der Waals surface area contributed by atoms with E-state index in [1.54, 1.807) is 4.90 Å². The molecule has 1 saturated heterocycles. The van der Waals surface area contributed by atoms with Gasteiger partial charge in [-0.05, 0) is 86.9 Å². The van der Waals surface area contributed by atoms with Crippen molar-refractivity contribution in [1.82, 2.24) is 14.8 Å². The first-order valence-corrected chi connectivity index (χ1v) is 12.8. The molecule has 0 atom stereocenters. The van der Waals surface area contributed by atoms with E-state index >= 15 is 0 Å². The summed E-state index contributed by atoms with van der Waals surface area (Å²) in [6, 6.07) is 20.9. The van der Waals surface area contributed by atoms with Crippen LogP contribution in [0.3, 0.4) is 0 Å². The number of piperidine rings is 1. The number of rotatable bonds is 5. The molecule has 0 radical (unpaired) electrons. The molecule has 6 heteroatoms. The van der Waals surface area contributed by atoms with Crippen molar-refractivity contribution in [2.75, 3.05) is 19.7 Å². The topological polar surface area (TPSA) is 63.6 Å². The molecule has 0 bridgehead atoms. The summed E-state index contributed by atoms with van der Waals surface area (Å²) in [5.41, 5.74) is 6.99. The largest absolute Gasteiger partial charge is 0.450 e. The highest BCUT2D eigenvalue weighted by molar-refractivity contribution is 5.94. The zero-order chi connectivity index (χ0) is 24.2. The van der Waals surface area contributed by atoms with Gasteiger partial charge >= 0.3 is 6.09 Å². The SMILES string of the molecule is CCOC(=O)N1CCC(NC(=O)c2ccc(-n3c(-c4ccccc4)cc4c3CCCC4)cc2)CC1. The molecule has 182 valence electrons. The number of nitrogens with zero attached hydrogens (tertiary/aromatic N) is 2. The maximum Gasteiger partial charge on any atom is 0.409 e. The second-order valence-corrected chi connectivity index (χ2v) is 9.39. The predicted octanol–water partition coefficient (Wildman–Crippen LogP) is 5.37. The van der Waals surface area contributed by atoms with Gasteiger partial charge in [0.05, 0.1) is 12.3 Å². The van der Waals surface area contributed by atoms with Gasteiger partial charge in [0.1, 0.15) is 0 Å². The van der Waals surface area contributed by atoms with Crippen molar-refractivity contribution < 1.29 is 14.3 Å². The van der Waals surface area contributed by atoms with E-state index in [4.69, 9.17) is 4.74 Å². The molecule has 5 rings (SSSR count). The Morgan fingerprint density at radius 3 is 2.40 bits per heavy atom. The summed E-state index contributed by atoms with van der Waals surface area (Å²) in [7, 11) is 0. The maximum absolute atomic E-state index is 12.9. The molecule has 1 fully saturated rings. The third kappa shape index (κ3) is 4.97. The Kier molecular flexibility index (Phi) is 6.89. The molecule has 3 aromatic rings. The number of likely N-dealkylation sites (tertiary alicyclic amines) is 1. The molecule has 0 spiro atoms. The fourth-order valence-corrected chi connectivity index (χ4v) is 5.27. The van der Waals surface area contributed by atoms with Gasteiger partial charge in [-0.25, -0.2) is 4.79 Å². The first kappa shape index (κ1) is 23.2. The van der Waals surface area contributed by atoms with Gasteiger partial charge in [0.15, 0.2) is 0 Å². The van der Waals surface area contributed by atoms with Gasteiger partial charge in [0, 0.05) is 36.1 Å². The Morgan fingerprint density at radius 1 is 0.971 bits per heavy atom. The zero-order valence-electron chi connectivity index (χ0n) is 20.3. The van der Waals surface area contributed by atoms with E-state index in [2.05, 4.69) is 52.3 Å². The number of fused-ring (bicyclic) bond motifs is 1. The molecular formula is C29H33N3O3. The van der Waals surface area contributed by atoms with Crippen LogP contribution < -0.4 is 5.32 Å². The summed E-state index contributed by atoms with van der Waals surface area (Å²) in [6.45, 7) is 3.39. The van der Waals surface area contributed by atoms with Crippen LogP contribution in [0.25, 0.3) is 16.9 Å². The van der Waals surface area contributed by atoms with E-state index in [-0.39, 0.29) is 18.0 Å². The molecule has 0 saturated carbocycles. The number of aromatic nitrogens is 1. The summed E-state index contributed by atoms with van der Waals surface area (Å²) >= 11 is 0. The van der Waals surface area contributed by atoms with E-state index in [1.807, 2.05) is 25.1 Å². The second-order valence-electron chi connectivity index (χ2n) is 9.39. The molecule has 1 aliphatic carbocycles. The van der Waals surface area contributed by atoms with Gasteiger partial charge in [-0.15, -0.1) is 0 Å². The molecule has 0 unspecified atom stereocenters. The van der Waals surface area contributed by atoms with Crippen molar-refractivity contribution in [3.05, 3.63) is 77.5 Å². The number of aryl methyl sites for hydroxylation is 1. The number of nitrogens with one attached hydrogen (secondary N) is 1. The Hall–Kier alpha value is -3.54. The molecular weight excluding hydrogens is 438 g/mol. The van der Waals surface area contributed by atoms with Crippen LogP contribution in [0.1, 0.15) is 54.2 Å². The minimum atomic E-state index is -0.269. The van der Waals surface area contributed by atoms with Crippen LogP contribution in [0.15, 0.2) is 60.7 Å². The summed E-state index contributed by atoms with van der Waals surface area (Å²) in [5.74, 6) is -0.0658. The van der Waals surface area contributed by atoms with Gasteiger partial charge in [-0.1, -0.05) is 30.3 Å². The number of carbonyl (C=O) groups is 2. The quantitative estimate of drug-likeness (QED) is 0.544. The van der Waals surface area contributed by atoms with E-state index < -0.39 is 0 Å². The number of hydrogen-bond acceptors (Lipinski definition) is 3. The van der Waals surface area contributed by atoms with E-state index in [0.717, 1.165) is 31.4 Å². The van der Waals surface area contributed by atoms with E-state index in [9.17, 15) is 9.59 Å². The molecule has 2 heterocycles. The third-order valence-electron chi connectivity index (χ3n) is 7.12. The second kappa shape index (κ2) is 10.4. The number of benzene rings is 2. The number of amides is 2. The normalized spacial score (nSPS) is 16.0. The number of ether oxygens (including phenoxy) is 1. The van der Waals surface area contributed by atoms with Crippen LogP contribution in [0, 0.1) is 0 Å². The van der Waals surface area contributed by atoms with Crippen LogP contribution >= 0.6 is 0 Å². The summed E-state index contributed by atoms with van der Waals surface area (Å²) in [6.07, 6.45) is 5.85. The van der Waals surface area contributed by atoms with Crippen molar-refractivity contribution in [3.63, 3.8) is 0 Å². The molecule has 2 amide bonds. The molecule has 1 aromatic heterocycles. The number of carbonyl (C=O) groups excluding carboxylic acids is 2. The Morgan fingerprint density at radius 2 is 1.69 bits per heavy atom. The van der Waals surface area contributed by atoms with E-state index in [0.29, 0.717) is 25.3 Å². The fraction of sp³-hybridized carbons (Fsp3) is 0.379. The molecule has 1 N–H and O–H groups in total. The number of hydrogen-bond donors (Lipinski definition) is 1. The Balaban J connectivity index is 1.31. The minimum absolute atomic E-state index is 0.0639. The monoisotopic (exact) mass is 471 g/mol. The highest BCUT2D eigenvalue weighted by atomic mass is 16.6. The minimum Gasteiger partial charge on any atom is -0.450 e. The van der Waals surface area contributed by atoms with Crippen LogP contribution in [-0.2, 0) is 17.6 Å². The molecule has 1 aliphatic heterocycles. The van der Waals surface area contributed by atoms with Gasteiger partial charge < -0.3 is 19.5 Å². The Labute approximate surface area is 206 Å². The lowest BCUT2D eigenvalue weighted by Gasteiger charge is -2.31. The molecule has 35 heavy (non-hydrogen) atoms. The average Bonchev–Trinajstić information content (AvgIpc) is 3.29. The van der Waals surface area contributed by atoms with Crippen molar-refractivity contribution in [3.8, 4) is 16.9 Å². The lowest BCUT2D eigenvalue weighted by Crippen LogP contribution is -2.46. The average molecular weight is 472 g/mol. The van der Waals surface area contributed by atoms with Crippen LogP contribution in [0.4, 0.5) is 4.79 Å². The first-order chi connectivity index (χ1) is 17.1. The first-order valence-electron chi connectivity index (χ1n) is 12.8. The Bertz CT molecular complexity index is 1180. The van der Waals surface area contributed by atoms with Crippen molar-refractivity contribution in [2.24, 2.45) is 0 Å². The summed E-state index contributed by atoms with van der Waals surface area (Å²) in [4.78, 5) is 26.5. The lowest BCUT2D eigenvalue weighted by atomic mass is 9.98. The molecule has 6 nitrogen and oxygen atoms in total. The lowest BCUT2D eigenvalue weighted by molar-refractivity contribution is 0.0860. The maximum atomic E-state index is 12.9. The summed E-state index contributed by atoms with van der Waals surface area (Å²) < 4.78 is 7.45. The van der Waals surface area contributed by atoms with Crippen molar-refractivity contribution in [1.29, 1.82) is 0 Å². The van der Waals surface area contributed by atoms with Gasteiger partial charge in [0.2, 0.25) is 0 Å². The van der Waals surface area contributed by atoms with Crippen molar-refractivity contribution >= 4 is 12.0 Å².